The van der Waals surface area contributed by atoms with Crippen molar-refractivity contribution in [2.75, 3.05) is 5.33 Å². The van der Waals surface area contributed by atoms with E-state index in [1.54, 1.807) is 0 Å². The Morgan fingerprint density at radius 2 is 1.64 bits per heavy atom. The average molecular weight is 278 g/mol. The van der Waals surface area contributed by atoms with Gasteiger partial charge >= 0.3 is 0 Å². The van der Waals surface area contributed by atoms with E-state index in [0.717, 1.165) is 11.4 Å². The smallest absolute Gasteiger partial charge is 0.146 e. The number of rotatable bonds is 6. The van der Waals surface area contributed by atoms with Gasteiger partial charge < -0.3 is 0 Å². The minimum Gasteiger partial charge on any atom is -0.146 e. The van der Waals surface area contributed by atoms with Crippen molar-refractivity contribution < 1.29 is 0 Å². The number of unbranched alkanes of at least 4 members (excludes halogenated alkanes) is 3. The molecule has 0 aromatic carbocycles. The zero-order valence-corrected chi connectivity index (χ0v) is 11.0. The highest BCUT2D eigenvalue weighted by Crippen LogP contribution is 2.22. The van der Waals surface area contributed by atoms with Gasteiger partial charge in [-0.2, -0.15) is 0 Å². The number of hydrogen-bond donors (Lipinski definition) is 0. The van der Waals surface area contributed by atoms with Crippen LogP contribution in [0.3, 0.4) is 0 Å². The van der Waals surface area contributed by atoms with Crippen molar-refractivity contribution in [3.05, 3.63) is 0 Å². The van der Waals surface area contributed by atoms with E-state index in [0.29, 0.717) is 0 Å². The fourth-order valence-electron chi connectivity index (χ4n) is 0.883. The first kappa shape index (κ1) is 12.3. The van der Waals surface area contributed by atoms with Gasteiger partial charge in [0.1, 0.15) is 0 Å². The van der Waals surface area contributed by atoms with Crippen molar-refractivity contribution in [3.63, 3.8) is 0 Å². The van der Waals surface area contributed by atoms with Crippen LogP contribution in [0.2, 0.25) is 12.6 Å². The molecular formula is C7H15BrCl2Si. The van der Waals surface area contributed by atoms with Crippen LogP contribution in [0.5, 0.6) is 0 Å². The summed E-state index contributed by atoms with van der Waals surface area (Å²) in [4.78, 5) is 0. The van der Waals surface area contributed by atoms with Gasteiger partial charge in [0.25, 0.3) is 0 Å². The second kappa shape index (κ2) is 6.76. The summed E-state index contributed by atoms with van der Waals surface area (Å²) in [6, 6.07) is 1.04. The third-order valence-electron chi connectivity index (χ3n) is 1.50. The molecule has 0 aliphatic heterocycles. The molecule has 0 heterocycles. The van der Waals surface area contributed by atoms with E-state index >= 15 is 0 Å². The summed E-state index contributed by atoms with van der Waals surface area (Å²) in [7, 11) is 0. The van der Waals surface area contributed by atoms with Crippen LogP contribution in [-0.4, -0.2) is 12.0 Å². The van der Waals surface area contributed by atoms with Crippen LogP contribution in [0.25, 0.3) is 0 Å². The van der Waals surface area contributed by atoms with E-state index in [4.69, 9.17) is 22.2 Å². The van der Waals surface area contributed by atoms with Crippen LogP contribution in [-0.2, 0) is 0 Å². The minimum absolute atomic E-state index is 1.04. The highest BCUT2D eigenvalue weighted by molar-refractivity contribution is 9.09. The van der Waals surface area contributed by atoms with E-state index in [9.17, 15) is 0 Å². The van der Waals surface area contributed by atoms with Crippen LogP contribution >= 0.6 is 38.1 Å². The van der Waals surface area contributed by atoms with Crippen molar-refractivity contribution >= 4 is 44.8 Å². The topological polar surface area (TPSA) is 0 Å². The lowest BCUT2D eigenvalue weighted by atomic mass is 10.2. The standard InChI is InChI=1S/C7H15BrCl2Si/c1-11(9,10)7-5-3-2-4-6-8/h2-7H2,1H3. The zero-order valence-electron chi connectivity index (χ0n) is 6.88. The molecule has 68 valence electrons. The Kier molecular flexibility index (Phi) is 7.54. The normalized spacial score (nSPS) is 12.0. The van der Waals surface area contributed by atoms with Gasteiger partial charge in [-0.25, -0.2) is 0 Å². The van der Waals surface area contributed by atoms with Crippen molar-refractivity contribution in [2.24, 2.45) is 0 Å². The molecule has 0 aromatic heterocycles. The van der Waals surface area contributed by atoms with E-state index in [-0.39, 0.29) is 0 Å². The summed E-state index contributed by atoms with van der Waals surface area (Å²) >= 11 is 15.3. The minimum atomic E-state index is -1.78. The van der Waals surface area contributed by atoms with E-state index in [2.05, 4.69) is 15.9 Å². The maximum Gasteiger partial charge on any atom is 0.248 e. The summed E-state index contributed by atoms with van der Waals surface area (Å²) in [6.45, 7) is 0.202. The largest absolute Gasteiger partial charge is 0.248 e. The van der Waals surface area contributed by atoms with Crippen LogP contribution < -0.4 is 0 Å². The van der Waals surface area contributed by atoms with Crippen LogP contribution in [0.15, 0.2) is 0 Å². The summed E-state index contributed by atoms with van der Waals surface area (Å²) in [5.74, 6) is 0. The van der Waals surface area contributed by atoms with Crippen molar-refractivity contribution in [3.8, 4) is 0 Å². The second-order valence-corrected chi connectivity index (χ2v) is 11.9. The highest BCUT2D eigenvalue weighted by atomic mass is 79.9. The molecule has 0 aliphatic carbocycles. The van der Waals surface area contributed by atoms with Gasteiger partial charge in [0.15, 0.2) is 0 Å². The summed E-state index contributed by atoms with van der Waals surface area (Å²) in [6.07, 6.45) is 5.03. The van der Waals surface area contributed by atoms with Gasteiger partial charge in [0.05, 0.1) is 0 Å². The maximum atomic E-state index is 5.94. The molecule has 0 unspecified atom stereocenters. The molecule has 4 heteroatoms. The molecule has 0 saturated carbocycles. The van der Waals surface area contributed by atoms with Gasteiger partial charge in [-0.3, -0.25) is 0 Å². The first-order chi connectivity index (χ1) is 5.06. The first-order valence-corrected chi connectivity index (χ1v) is 9.85. The lowest BCUT2D eigenvalue weighted by Gasteiger charge is -2.08. The second-order valence-electron chi connectivity index (χ2n) is 2.92. The van der Waals surface area contributed by atoms with Crippen molar-refractivity contribution in [1.29, 1.82) is 0 Å². The molecule has 0 nitrogen and oxygen atoms in total. The monoisotopic (exact) mass is 276 g/mol. The molecule has 0 aromatic rings. The fourth-order valence-corrected chi connectivity index (χ4v) is 2.95. The summed E-state index contributed by atoms with van der Waals surface area (Å²) in [5.41, 5.74) is 0. The zero-order chi connectivity index (χ0) is 8.74. The summed E-state index contributed by atoms with van der Waals surface area (Å²) < 4.78 is 0. The van der Waals surface area contributed by atoms with Gasteiger partial charge in [-0.05, 0) is 19.0 Å². The highest BCUT2D eigenvalue weighted by Gasteiger charge is 2.19. The SMILES string of the molecule is C[Si](Cl)(Cl)CCCCCCBr. The average Bonchev–Trinajstić information content (AvgIpc) is 1.85. The van der Waals surface area contributed by atoms with Crippen molar-refractivity contribution in [1.82, 2.24) is 0 Å². The number of alkyl halides is 1. The van der Waals surface area contributed by atoms with Gasteiger partial charge in [0, 0.05) is 5.33 Å². The Morgan fingerprint density at radius 3 is 2.09 bits per heavy atom. The molecular weight excluding hydrogens is 263 g/mol. The molecule has 0 fully saturated rings. The molecule has 0 amide bonds. The lowest BCUT2D eigenvalue weighted by molar-refractivity contribution is 0.705. The Hall–Kier alpha value is 1.28. The predicted octanol–water partition coefficient (Wildman–Crippen LogP) is 4.49. The Balaban J connectivity index is 3.02. The molecule has 0 aliphatic rings. The lowest BCUT2D eigenvalue weighted by Crippen LogP contribution is -2.11. The Morgan fingerprint density at radius 1 is 1.09 bits per heavy atom. The van der Waals surface area contributed by atoms with E-state index < -0.39 is 6.69 Å². The van der Waals surface area contributed by atoms with E-state index in [1.807, 2.05) is 6.55 Å². The molecule has 0 rings (SSSR count). The van der Waals surface area contributed by atoms with Gasteiger partial charge in [-0.15, -0.1) is 22.2 Å². The van der Waals surface area contributed by atoms with Gasteiger partial charge in [-0.1, -0.05) is 35.2 Å². The van der Waals surface area contributed by atoms with Crippen molar-refractivity contribution in [2.45, 2.75) is 38.3 Å². The Labute approximate surface area is 88.2 Å². The quantitative estimate of drug-likeness (QED) is 0.290. The summed E-state index contributed by atoms with van der Waals surface area (Å²) in [5, 5.41) is 1.11. The molecule has 0 bridgehead atoms. The van der Waals surface area contributed by atoms with E-state index in [1.165, 1.54) is 25.7 Å². The third kappa shape index (κ3) is 11.3. The molecule has 0 atom stereocenters. The van der Waals surface area contributed by atoms with Crippen LogP contribution in [0.1, 0.15) is 25.7 Å². The molecule has 0 spiro atoms. The van der Waals surface area contributed by atoms with Crippen LogP contribution in [0, 0.1) is 0 Å². The first-order valence-electron chi connectivity index (χ1n) is 4.00. The molecule has 0 saturated heterocycles. The fraction of sp³-hybridized carbons (Fsp3) is 1.00. The number of halogens is 3. The third-order valence-corrected chi connectivity index (χ3v) is 4.43. The van der Waals surface area contributed by atoms with Gasteiger partial charge in [0.2, 0.25) is 6.69 Å². The molecule has 0 N–H and O–H groups in total. The molecule has 0 radical (unpaired) electrons. The molecule has 11 heavy (non-hydrogen) atoms. The predicted molar refractivity (Wildman–Crippen MR) is 60.4 cm³/mol. The maximum absolute atomic E-state index is 5.94. The van der Waals surface area contributed by atoms with Crippen LogP contribution in [0.4, 0.5) is 0 Å². The Bertz CT molecular complexity index is 92.9. The number of hydrogen-bond acceptors (Lipinski definition) is 0.